The van der Waals surface area contributed by atoms with Crippen LogP contribution in [-0.2, 0) is 11.2 Å². The van der Waals surface area contributed by atoms with Crippen LogP contribution in [0, 0.1) is 5.82 Å². The third-order valence-electron chi connectivity index (χ3n) is 5.27. The molecule has 4 aromatic rings. The molecule has 2 N–H and O–H groups in total. The van der Waals surface area contributed by atoms with Crippen molar-refractivity contribution in [2.75, 3.05) is 5.32 Å². The summed E-state index contributed by atoms with van der Waals surface area (Å²) in [5, 5.41) is 13.9. The van der Waals surface area contributed by atoms with Gasteiger partial charge in [0, 0.05) is 17.5 Å². The number of amides is 1. The molecule has 4 rings (SSSR count). The zero-order chi connectivity index (χ0) is 25.8. The van der Waals surface area contributed by atoms with Gasteiger partial charge in [-0.3, -0.25) is 4.79 Å². The maximum Gasteiger partial charge on any atom is 0.224 e. The number of nitrogens with one attached hydrogen (secondary N) is 1. The largest absolute Gasteiger partial charge is 0.506 e. The van der Waals surface area contributed by atoms with Crippen LogP contribution in [-0.4, -0.2) is 11.0 Å². The summed E-state index contributed by atoms with van der Waals surface area (Å²) in [6, 6.07) is 19.5. The molecule has 0 spiro atoms. The number of anilines is 1. The molecule has 0 atom stereocenters. The lowest BCUT2D eigenvalue weighted by atomic mass is 10.0. The fraction of sp³-hybridized carbons (Fsp3) is 0.0741. The number of phenols is 1. The summed E-state index contributed by atoms with van der Waals surface area (Å²) in [6.45, 7) is 0. The lowest BCUT2D eigenvalue weighted by molar-refractivity contribution is -0.116. The van der Waals surface area contributed by atoms with E-state index in [1.807, 2.05) is 24.3 Å². The molecule has 4 nitrogen and oxygen atoms in total. The Bertz CT molecular complexity index is 1400. The number of rotatable bonds is 7. The van der Waals surface area contributed by atoms with E-state index in [1.54, 1.807) is 18.2 Å². The van der Waals surface area contributed by atoms with Crippen molar-refractivity contribution in [2.45, 2.75) is 12.8 Å². The van der Waals surface area contributed by atoms with E-state index in [2.05, 4.69) is 5.32 Å². The summed E-state index contributed by atoms with van der Waals surface area (Å²) in [6.07, 6.45) is 0.696. The molecule has 184 valence electrons. The number of halogens is 5. The number of aromatic hydroxyl groups is 1. The first-order valence-corrected chi connectivity index (χ1v) is 12.2. The Labute approximate surface area is 227 Å². The number of phenolic OH excluding ortho intramolecular Hbond substituents is 1. The predicted octanol–water partition coefficient (Wildman–Crippen LogP) is 9.18. The second-order valence-corrected chi connectivity index (χ2v) is 9.51. The molecule has 0 saturated heterocycles. The fourth-order valence-electron chi connectivity index (χ4n) is 3.44. The summed E-state index contributed by atoms with van der Waals surface area (Å²) >= 11 is 24.0. The minimum atomic E-state index is -0.466. The molecule has 0 aliphatic carbocycles. The Hall–Kier alpha value is -2.96. The van der Waals surface area contributed by atoms with Gasteiger partial charge in [-0.2, -0.15) is 0 Å². The van der Waals surface area contributed by atoms with Crippen molar-refractivity contribution >= 4 is 58.0 Å². The molecule has 0 bridgehead atoms. The summed E-state index contributed by atoms with van der Waals surface area (Å²) in [4.78, 5) is 12.4. The summed E-state index contributed by atoms with van der Waals surface area (Å²) in [5.41, 5.74) is 2.88. The first-order chi connectivity index (χ1) is 17.2. The quantitative estimate of drug-likeness (QED) is 0.220. The Kier molecular flexibility index (Phi) is 8.27. The average molecular weight is 565 g/mol. The van der Waals surface area contributed by atoms with Crippen molar-refractivity contribution in [1.29, 1.82) is 0 Å². The zero-order valence-electron chi connectivity index (χ0n) is 18.5. The van der Waals surface area contributed by atoms with Crippen LogP contribution >= 0.6 is 46.4 Å². The number of benzene rings is 4. The van der Waals surface area contributed by atoms with Gasteiger partial charge in [0.25, 0.3) is 0 Å². The zero-order valence-corrected chi connectivity index (χ0v) is 21.5. The molecule has 0 heterocycles. The molecule has 0 fully saturated rings. The Morgan fingerprint density at radius 1 is 0.833 bits per heavy atom. The molecule has 0 saturated carbocycles. The third-order valence-corrected chi connectivity index (χ3v) is 6.34. The van der Waals surface area contributed by atoms with E-state index in [0.717, 1.165) is 16.7 Å². The number of hydrogen-bond acceptors (Lipinski definition) is 3. The predicted molar refractivity (Wildman–Crippen MR) is 143 cm³/mol. The average Bonchev–Trinajstić information content (AvgIpc) is 2.84. The van der Waals surface area contributed by atoms with Crippen LogP contribution in [0.5, 0.6) is 17.2 Å². The minimum absolute atomic E-state index is 0.0636. The molecule has 0 aliphatic heterocycles. The van der Waals surface area contributed by atoms with E-state index in [1.165, 1.54) is 30.3 Å². The first kappa shape index (κ1) is 26.1. The van der Waals surface area contributed by atoms with Crippen molar-refractivity contribution in [3.8, 4) is 28.4 Å². The molecule has 0 aromatic heterocycles. The van der Waals surface area contributed by atoms with Crippen molar-refractivity contribution in [1.82, 2.24) is 0 Å². The number of hydrogen-bond donors (Lipinski definition) is 2. The van der Waals surface area contributed by atoms with E-state index in [-0.39, 0.29) is 50.3 Å². The van der Waals surface area contributed by atoms with Gasteiger partial charge in [-0.1, -0.05) is 76.7 Å². The van der Waals surface area contributed by atoms with Crippen LogP contribution in [0.15, 0.2) is 72.8 Å². The van der Waals surface area contributed by atoms with E-state index in [0.29, 0.717) is 11.4 Å². The van der Waals surface area contributed by atoms with E-state index in [4.69, 9.17) is 51.1 Å². The summed E-state index contributed by atoms with van der Waals surface area (Å²) in [5.74, 6) is -0.431. The fourth-order valence-corrected chi connectivity index (χ4v) is 4.51. The Morgan fingerprint density at radius 3 is 2.14 bits per heavy atom. The van der Waals surface area contributed by atoms with Crippen molar-refractivity contribution in [2.24, 2.45) is 0 Å². The van der Waals surface area contributed by atoms with Crippen LogP contribution in [0.25, 0.3) is 11.1 Å². The van der Waals surface area contributed by atoms with Gasteiger partial charge in [0.05, 0.1) is 20.8 Å². The van der Waals surface area contributed by atoms with E-state index >= 15 is 0 Å². The van der Waals surface area contributed by atoms with Crippen LogP contribution < -0.4 is 10.1 Å². The molecular weight excluding hydrogens is 547 g/mol. The monoisotopic (exact) mass is 563 g/mol. The highest BCUT2D eigenvalue weighted by Gasteiger charge is 2.13. The van der Waals surface area contributed by atoms with E-state index in [9.17, 15) is 14.3 Å². The molecule has 0 radical (unpaired) electrons. The van der Waals surface area contributed by atoms with Gasteiger partial charge in [-0.25, -0.2) is 4.39 Å². The molecule has 4 aromatic carbocycles. The lowest BCUT2D eigenvalue weighted by Gasteiger charge is -2.12. The summed E-state index contributed by atoms with van der Waals surface area (Å²) < 4.78 is 19.1. The van der Waals surface area contributed by atoms with E-state index < -0.39 is 5.82 Å². The van der Waals surface area contributed by atoms with Crippen LogP contribution in [0.2, 0.25) is 20.1 Å². The van der Waals surface area contributed by atoms with Gasteiger partial charge < -0.3 is 15.2 Å². The topological polar surface area (TPSA) is 58.6 Å². The molecular formula is C27H18Cl4FNO3. The maximum atomic E-state index is 13.4. The van der Waals surface area contributed by atoms with Gasteiger partial charge >= 0.3 is 0 Å². The van der Waals surface area contributed by atoms with Crippen molar-refractivity contribution < 1.29 is 19.0 Å². The number of aryl methyl sites for hydroxylation is 1. The molecule has 0 aliphatic rings. The van der Waals surface area contributed by atoms with Gasteiger partial charge in [-0.05, 0) is 59.5 Å². The van der Waals surface area contributed by atoms with Gasteiger partial charge in [0.15, 0.2) is 5.75 Å². The van der Waals surface area contributed by atoms with Crippen LogP contribution in [0.4, 0.5) is 10.1 Å². The second kappa shape index (κ2) is 11.4. The van der Waals surface area contributed by atoms with Gasteiger partial charge in [0.2, 0.25) is 5.91 Å². The highest BCUT2D eigenvalue weighted by atomic mass is 35.5. The normalized spacial score (nSPS) is 10.8. The van der Waals surface area contributed by atoms with Crippen molar-refractivity contribution in [3.05, 3.63) is 104 Å². The van der Waals surface area contributed by atoms with Crippen LogP contribution in [0.1, 0.15) is 12.0 Å². The Balaban J connectivity index is 1.34. The number of carbonyl (C=O) groups is 1. The molecule has 0 unspecified atom stereocenters. The Morgan fingerprint density at radius 2 is 1.50 bits per heavy atom. The SMILES string of the molecule is O=C(CCc1ccc(-c2ccc(F)c(Cl)c2)cc1)Nc1ccc(Oc2c(Cl)cc(Cl)cc2Cl)cc1O. The van der Waals surface area contributed by atoms with Crippen molar-refractivity contribution in [3.63, 3.8) is 0 Å². The minimum Gasteiger partial charge on any atom is -0.506 e. The maximum absolute atomic E-state index is 13.4. The highest BCUT2D eigenvalue weighted by Crippen LogP contribution is 2.40. The number of ether oxygens (including phenoxy) is 1. The first-order valence-electron chi connectivity index (χ1n) is 10.7. The molecule has 36 heavy (non-hydrogen) atoms. The standard InChI is InChI=1S/C27H18Cl4FNO3/c28-18-12-21(30)27(22(31)13-18)36-19-7-9-24(25(34)14-19)33-26(35)10-3-15-1-4-16(5-2-15)17-6-8-23(32)20(29)11-17/h1-2,4-9,11-14,34H,3,10H2,(H,33,35). The molecule has 9 heteroatoms. The number of carbonyl (C=O) groups excluding carboxylic acids is 1. The van der Waals surface area contributed by atoms with Crippen LogP contribution in [0.3, 0.4) is 0 Å². The van der Waals surface area contributed by atoms with Gasteiger partial charge in [-0.15, -0.1) is 0 Å². The molecule has 1 amide bonds. The third kappa shape index (κ3) is 6.42. The highest BCUT2D eigenvalue weighted by molar-refractivity contribution is 6.40. The van der Waals surface area contributed by atoms with Gasteiger partial charge in [0.1, 0.15) is 17.3 Å². The smallest absolute Gasteiger partial charge is 0.224 e. The lowest BCUT2D eigenvalue weighted by Crippen LogP contribution is -2.12. The second-order valence-electron chi connectivity index (χ2n) is 7.85. The summed E-state index contributed by atoms with van der Waals surface area (Å²) in [7, 11) is 0.